The smallest absolute Gasteiger partial charge is 0.0614 e. The molecule has 2 nitrogen and oxygen atoms in total. The Morgan fingerprint density at radius 3 is 2.25 bits per heavy atom. The number of hydrogen-bond donors (Lipinski definition) is 2. The second kappa shape index (κ2) is 4.34. The third-order valence-corrected chi connectivity index (χ3v) is 4.15. The number of anilines is 2. The molecule has 0 aliphatic carbocycles. The fourth-order valence-corrected chi connectivity index (χ4v) is 2.39. The zero-order valence-corrected chi connectivity index (χ0v) is 11.0. The first-order valence-electron chi connectivity index (χ1n) is 5.61. The van der Waals surface area contributed by atoms with E-state index < -0.39 is 0 Å². The van der Waals surface area contributed by atoms with Crippen molar-refractivity contribution in [1.29, 1.82) is 0 Å². The SMILES string of the molecule is CCC1(CC)CNc2cc(Cl)c(Cl)cc2N1. The van der Waals surface area contributed by atoms with Gasteiger partial charge >= 0.3 is 0 Å². The van der Waals surface area contributed by atoms with E-state index in [4.69, 9.17) is 23.2 Å². The summed E-state index contributed by atoms with van der Waals surface area (Å²) in [5.74, 6) is 0. The Morgan fingerprint density at radius 1 is 1.12 bits per heavy atom. The summed E-state index contributed by atoms with van der Waals surface area (Å²) in [6.45, 7) is 5.31. The minimum absolute atomic E-state index is 0.129. The van der Waals surface area contributed by atoms with Crippen LogP contribution in [0.4, 0.5) is 11.4 Å². The van der Waals surface area contributed by atoms with Gasteiger partial charge in [0.1, 0.15) is 0 Å². The minimum Gasteiger partial charge on any atom is -0.381 e. The summed E-state index contributed by atoms with van der Waals surface area (Å²) >= 11 is 12.0. The van der Waals surface area contributed by atoms with Gasteiger partial charge in [-0.05, 0) is 25.0 Å². The van der Waals surface area contributed by atoms with E-state index in [9.17, 15) is 0 Å². The van der Waals surface area contributed by atoms with Gasteiger partial charge in [0.25, 0.3) is 0 Å². The van der Waals surface area contributed by atoms with E-state index in [1.807, 2.05) is 12.1 Å². The molecule has 0 saturated carbocycles. The Labute approximate surface area is 106 Å². The maximum absolute atomic E-state index is 6.03. The summed E-state index contributed by atoms with van der Waals surface area (Å²) in [6.07, 6.45) is 2.16. The molecule has 1 aromatic carbocycles. The highest BCUT2D eigenvalue weighted by Gasteiger charge is 2.30. The van der Waals surface area contributed by atoms with E-state index in [-0.39, 0.29) is 5.54 Å². The van der Waals surface area contributed by atoms with E-state index in [2.05, 4.69) is 24.5 Å². The number of hydrogen-bond acceptors (Lipinski definition) is 2. The number of nitrogens with one attached hydrogen (secondary N) is 2. The normalized spacial score (nSPS) is 17.2. The first-order valence-corrected chi connectivity index (χ1v) is 6.37. The van der Waals surface area contributed by atoms with E-state index in [0.717, 1.165) is 30.8 Å². The van der Waals surface area contributed by atoms with Crippen molar-refractivity contribution >= 4 is 34.6 Å². The Bertz CT molecular complexity index is 400. The van der Waals surface area contributed by atoms with Crippen LogP contribution in [0.1, 0.15) is 26.7 Å². The van der Waals surface area contributed by atoms with Crippen LogP contribution in [0.2, 0.25) is 10.0 Å². The van der Waals surface area contributed by atoms with Crippen molar-refractivity contribution in [1.82, 2.24) is 0 Å². The Morgan fingerprint density at radius 2 is 1.69 bits per heavy atom. The molecule has 1 aromatic rings. The Balaban J connectivity index is 2.36. The lowest BCUT2D eigenvalue weighted by Crippen LogP contribution is -2.46. The third kappa shape index (κ3) is 1.96. The highest BCUT2D eigenvalue weighted by Crippen LogP contribution is 2.38. The van der Waals surface area contributed by atoms with Crippen molar-refractivity contribution in [2.75, 3.05) is 17.2 Å². The molecule has 0 amide bonds. The lowest BCUT2D eigenvalue weighted by Gasteiger charge is -2.39. The zero-order chi connectivity index (χ0) is 11.8. The third-order valence-electron chi connectivity index (χ3n) is 3.43. The quantitative estimate of drug-likeness (QED) is 0.823. The molecule has 0 unspecified atom stereocenters. The molecule has 0 spiro atoms. The second-order valence-corrected chi connectivity index (χ2v) is 5.09. The van der Waals surface area contributed by atoms with Crippen LogP contribution in [0.15, 0.2) is 12.1 Å². The molecule has 88 valence electrons. The van der Waals surface area contributed by atoms with Crippen LogP contribution in [0.3, 0.4) is 0 Å². The number of halogens is 2. The molecule has 0 bridgehead atoms. The molecular formula is C12H16Cl2N2. The lowest BCUT2D eigenvalue weighted by molar-refractivity contribution is 0.451. The van der Waals surface area contributed by atoms with Gasteiger partial charge in [-0.25, -0.2) is 0 Å². The molecule has 2 N–H and O–H groups in total. The number of rotatable bonds is 2. The highest BCUT2D eigenvalue weighted by molar-refractivity contribution is 6.42. The Kier molecular flexibility index (Phi) is 3.22. The van der Waals surface area contributed by atoms with Gasteiger partial charge in [0.15, 0.2) is 0 Å². The van der Waals surface area contributed by atoms with Crippen LogP contribution >= 0.6 is 23.2 Å². The number of benzene rings is 1. The zero-order valence-electron chi connectivity index (χ0n) is 9.53. The summed E-state index contributed by atoms with van der Waals surface area (Å²) < 4.78 is 0. The fourth-order valence-electron chi connectivity index (χ4n) is 2.07. The predicted octanol–water partition coefficient (Wildman–Crippen LogP) is 4.39. The Hall–Kier alpha value is -0.600. The molecule has 0 fully saturated rings. The monoisotopic (exact) mass is 258 g/mol. The maximum atomic E-state index is 6.03. The van der Waals surface area contributed by atoms with Gasteiger partial charge in [-0.3, -0.25) is 0 Å². The van der Waals surface area contributed by atoms with Crippen molar-refractivity contribution < 1.29 is 0 Å². The molecule has 4 heteroatoms. The first-order chi connectivity index (χ1) is 7.60. The molecule has 2 rings (SSSR count). The van der Waals surface area contributed by atoms with E-state index in [1.165, 1.54) is 0 Å². The van der Waals surface area contributed by atoms with Crippen molar-refractivity contribution in [3.05, 3.63) is 22.2 Å². The van der Waals surface area contributed by atoms with Gasteiger partial charge in [-0.1, -0.05) is 37.0 Å². The van der Waals surface area contributed by atoms with Crippen LogP contribution in [-0.4, -0.2) is 12.1 Å². The fraction of sp³-hybridized carbons (Fsp3) is 0.500. The highest BCUT2D eigenvalue weighted by atomic mass is 35.5. The summed E-state index contributed by atoms with van der Waals surface area (Å²) in [4.78, 5) is 0. The van der Waals surface area contributed by atoms with Crippen molar-refractivity contribution in [3.63, 3.8) is 0 Å². The minimum atomic E-state index is 0.129. The van der Waals surface area contributed by atoms with Gasteiger partial charge in [0.05, 0.1) is 27.0 Å². The molecule has 0 atom stereocenters. The largest absolute Gasteiger partial charge is 0.381 e. The lowest BCUT2D eigenvalue weighted by atomic mass is 9.90. The van der Waals surface area contributed by atoms with Crippen LogP contribution in [0.25, 0.3) is 0 Å². The van der Waals surface area contributed by atoms with Crippen LogP contribution in [0.5, 0.6) is 0 Å². The molecule has 1 aliphatic heterocycles. The summed E-state index contributed by atoms with van der Waals surface area (Å²) in [6, 6.07) is 3.77. The van der Waals surface area contributed by atoms with Gasteiger partial charge in [0.2, 0.25) is 0 Å². The van der Waals surface area contributed by atoms with E-state index in [1.54, 1.807) is 0 Å². The molecule has 16 heavy (non-hydrogen) atoms. The second-order valence-electron chi connectivity index (χ2n) is 4.28. The summed E-state index contributed by atoms with van der Waals surface area (Å²) in [7, 11) is 0. The topological polar surface area (TPSA) is 24.1 Å². The number of fused-ring (bicyclic) bond motifs is 1. The summed E-state index contributed by atoms with van der Waals surface area (Å²) in [5.41, 5.74) is 2.21. The predicted molar refractivity (Wildman–Crippen MR) is 71.9 cm³/mol. The average molecular weight is 259 g/mol. The molecule has 1 aliphatic rings. The van der Waals surface area contributed by atoms with Crippen molar-refractivity contribution in [2.24, 2.45) is 0 Å². The van der Waals surface area contributed by atoms with Crippen LogP contribution in [-0.2, 0) is 0 Å². The van der Waals surface area contributed by atoms with E-state index in [0.29, 0.717) is 10.0 Å². The average Bonchev–Trinajstić information content (AvgIpc) is 2.30. The molecule has 0 aromatic heterocycles. The molecular weight excluding hydrogens is 243 g/mol. The molecule has 0 radical (unpaired) electrons. The van der Waals surface area contributed by atoms with E-state index >= 15 is 0 Å². The van der Waals surface area contributed by atoms with Gasteiger partial charge < -0.3 is 10.6 Å². The van der Waals surface area contributed by atoms with Gasteiger partial charge in [-0.2, -0.15) is 0 Å². The summed E-state index contributed by atoms with van der Waals surface area (Å²) in [5, 5.41) is 8.18. The van der Waals surface area contributed by atoms with Gasteiger partial charge in [-0.15, -0.1) is 0 Å². The first kappa shape index (κ1) is 11.9. The van der Waals surface area contributed by atoms with Crippen LogP contribution in [0, 0.1) is 0 Å². The maximum Gasteiger partial charge on any atom is 0.0614 e. The van der Waals surface area contributed by atoms with Crippen molar-refractivity contribution in [3.8, 4) is 0 Å². The molecule has 1 heterocycles. The van der Waals surface area contributed by atoms with Gasteiger partial charge in [0, 0.05) is 6.54 Å². The molecule has 0 saturated heterocycles. The van der Waals surface area contributed by atoms with Crippen molar-refractivity contribution in [2.45, 2.75) is 32.2 Å². The standard InChI is InChI=1S/C12H16Cl2N2/c1-3-12(4-2)7-15-10-5-8(13)9(14)6-11(10)16-12/h5-6,15-16H,3-4,7H2,1-2H3. The van der Waals surface area contributed by atoms with Crippen LogP contribution < -0.4 is 10.6 Å².